The van der Waals surface area contributed by atoms with Crippen LogP contribution in [0.1, 0.15) is 17.5 Å². The number of amides is 2. The zero-order chi connectivity index (χ0) is 16.5. The molecule has 1 heterocycles. The minimum atomic E-state index is -0.525. The summed E-state index contributed by atoms with van der Waals surface area (Å²) in [6, 6.07) is 3.02. The molecule has 1 aliphatic heterocycles. The highest BCUT2D eigenvalue weighted by atomic mass is 16.6. The fourth-order valence-corrected chi connectivity index (χ4v) is 4.25. The third-order valence-corrected chi connectivity index (χ3v) is 5.50. The molecule has 1 aromatic rings. The van der Waals surface area contributed by atoms with Gasteiger partial charge < -0.3 is 0 Å². The third kappa shape index (κ3) is 1.75. The van der Waals surface area contributed by atoms with Gasteiger partial charge in [0.15, 0.2) is 0 Å². The molecule has 2 amide bonds. The molecular formula is C17H16N2O4. The Kier molecular flexibility index (Phi) is 2.76. The molecule has 2 bridgehead atoms. The van der Waals surface area contributed by atoms with Crippen LogP contribution >= 0.6 is 0 Å². The van der Waals surface area contributed by atoms with Crippen molar-refractivity contribution in [2.75, 3.05) is 4.90 Å². The van der Waals surface area contributed by atoms with Crippen LogP contribution in [0, 0.1) is 47.6 Å². The Morgan fingerprint density at radius 3 is 2.09 bits per heavy atom. The van der Waals surface area contributed by atoms with Gasteiger partial charge in [0.2, 0.25) is 11.8 Å². The van der Waals surface area contributed by atoms with E-state index >= 15 is 0 Å². The molecular weight excluding hydrogens is 296 g/mol. The van der Waals surface area contributed by atoms with Gasteiger partial charge in [-0.2, -0.15) is 0 Å². The Labute approximate surface area is 132 Å². The van der Waals surface area contributed by atoms with Crippen molar-refractivity contribution in [3.63, 3.8) is 0 Å². The van der Waals surface area contributed by atoms with Crippen LogP contribution in [-0.4, -0.2) is 16.7 Å². The van der Waals surface area contributed by atoms with E-state index in [-0.39, 0.29) is 46.9 Å². The van der Waals surface area contributed by atoms with Crippen LogP contribution in [0.3, 0.4) is 0 Å². The van der Waals surface area contributed by atoms with Crippen LogP contribution in [-0.2, 0) is 9.59 Å². The smallest absolute Gasteiger partial charge is 0.274 e. The zero-order valence-corrected chi connectivity index (χ0v) is 12.9. The van der Waals surface area contributed by atoms with Gasteiger partial charge in [0.25, 0.3) is 5.69 Å². The van der Waals surface area contributed by atoms with Crippen LogP contribution in [0.25, 0.3) is 0 Å². The molecule has 1 saturated heterocycles. The average Bonchev–Trinajstić information content (AvgIpc) is 3.16. The summed E-state index contributed by atoms with van der Waals surface area (Å²) >= 11 is 0. The first-order chi connectivity index (χ1) is 10.9. The second-order valence-electron chi connectivity index (χ2n) is 6.69. The maximum Gasteiger partial charge on any atom is 0.293 e. The molecule has 0 unspecified atom stereocenters. The number of nitro groups is 1. The minimum Gasteiger partial charge on any atom is -0.274 e. The Morgan fingerprint density at radius 2 is 1.57 bits per heavy atom. The topological polar surface area (TPSA) is 80.5 Å². The van der Waals surface area contributed by atoms with Crippen LogP contribution < -0.4 is 4.90 Å². The van der Waals surface area contributed by atoms with Crippen LogP contribution in [0.15, 0.2) is 24.3 Å². The van der Waals surface area contributed by atoms with Crippen LogP contribution in [0.4, 0.5) is 11.4 Å². The minimum absolute atomic E-state index is 0.0945. The van der Waals surface area contributed by atoms with Crippen molar-refractivity contribution in [2.24, 2.45) is 23.7 Å². The molecule has 118 valence electrons. The molecule has 2 fully saturated rings. The summed E-state index contributed by atoms with van der Waals surface area (Å²) < 4.78 is 0. The normalized spacial score (nSPS) is 31.1. The molecule has 6 heteroatoms. The molecule has 4 rings (SSSR count). The number of carbonyl (C=O) groups excluding carboxylic acids is 2. The summed E-state index contributed by atoms with van der Waals surface area (Å²) in [6.45, 7) is 3.60. The predicted molar refractivity (Wildman–Crippen MR) is 82.8 cm³/mol. The fourth-order valence-electron chi connectivity index (χ4n) is 4.25. The first-order valence-corrected chi connectivity index (χ1v) is 7.72. The van der Waals surface area contributed by atoms with Gasteiger partial charge in [-0.1, -0.05) is 12.2 Å². The van der Waals surface area contributed by atoms with Crippen molar-refractivity contribution in [1.82, 2.24) is 0 Å². The van der Waals surface area contributed by atoms with Gasteiger partial charge in [-0.25, -0.2) is 4.90 Å². The zero-order valence-electron chi connectivity index (χ0n) is 12.9. The highest BCUT2D eigenvalue weighted by molar-refractivity contribution is 6.23. The van der Waals surface area contributed by atoms with Crippen molar-refractivity contribution in [1.29, 1.82) is 0 Å². The molecule has 0 radical (unpaired) electrons. The fraction of sp³-hybridized carbons (Fsp3) is 0.412. The summed E-state index contributed by atoms with van der Waals surface area (Å²) in [5, 5.41) is 11.4. The van der Waals surface area contributed by atoms with Gasteiger partial charge >= 0.3 is 0 Å². The molecule has 0 aromatic heterocycles. The van der Waals surface area contributed by atoms with E-state index in [1.807, 2.05) is 19.1 Å². The maximum absolute atomic E-state index is 12.8. The number of rotatable bonds is 2. The van der Waals surface area contributed by atoms with Crippen molar-refractivity contribution in [2.45, 2.75) is 20.3 Å². The van der Waals surface area contributed by atoms with Gasteiger partial charge in [-0.3, -0.25) is 19.7 Å². The Balaban J connectivity index is 1.84. The van der Waals surface area contributed by atoms with Crippen molar-refractivity contribution < 1.29 is 14.5 Å². The number of nitro benzene ring substituents is 1. The van der Waals surface area contributed by atoms with Crippen molar-refractivity contribution in [3.05, 3.63) is 45.5 Å². The van der Waals surface area contributed by atoms with E-state index in [0.29, 0.717) is 0 Å². The molecule has 4 atom stereocenters. The lowest BCUT2D eigenvalue weighted by Gasteiger charge is -2.18. The summed E-state index contributed by atoms with van der Waals surface area (Å²) in [4.78, 5) is 37.5. The van der Waals surface area contributed by atoms with Gasteiger partial charge in [0, 0.05) is 6.07 Å². The van der Waals surface area contributed by atoms with Gasteiger partial charge in [0.1, 0.15) is 5.69 Å². The highest BCUT2D eigenvalue weighted by Crippen LogP contribution is 2.54. The third-order valence-electron chi connectivity index (χ3n) is 5.50. The standard InChI is InChI=1S/C17H16N2O4/c1-8-5-12(13(19(22)23)6-9(8)2)18-16(20)14-10-3-4-11(7-10)15(14)17(18)21/h3-6,10-11,14-15H,7H2,1-2H3/t10-,11-,14-,15+/m0/s1. The second-order valence-corrected chi connectivity index (χ2v) is 6.69. The Bertz CT molecular complexity index is 768. The van der Waals surface area contributed by atoms with Crippen LogP contribution in [0.5, 0.6) is 0 Å². The SMILES string of the molecule is Cc1cc(N2C(=O)[C@@H]3[C@H](C2=O)[C@H]2C=C[C@H]3C2)c([N+](=O)[O-])cc1C. The molecule has 3 aliphatic rings. The van der Waals surface area contributed by atoms with E-state index in [1.165, 1.54) is 6.07 Å². The van der Waals surface area contributed by atoms with Crippen LogP contribution in [0.2, 0.25) is 0 Å². The lowest BCUT2D eigenvalue weighted by molar-refractivity contribution is -0.384. The number of benzene rings is 1. The summed E-state index contributed by atoms with van der Waals surface area (Å²) in [5.74, 6) is -1.09. The average molecular weight is 312 g/mol. The molecule has 0 spiro atoms. The first-order valence-electron chi connectivity index (χ1n) is 7.72. The maximum atomic E-state index is 12.8. The number of nitrogens with zero attached hydrogens (tertiary/aromatic N) is 2. The van der Waals surface area contributed by atoms with Gasteiger partial charge in [-0.05, 0) is 49.3 Å². The quantitative estimate of drug-likeness (QED) is 0.364. The van der Waals surface area contributed by atoms with E-state index in [1.54, 1.807) is 13.0 Å². The second kappa shape index (κ2) is 4.50. The number of allylic oxidation sites excluding steroid dienone is 2. The number of aryl methyl sites for hydroxylation is 2. The molecule has 6 nitrogen and oxygen atoms in total. The highest BCUT2D eigenvalue weighted by Gasteiger charge is 2.60. The summed E-state index contributed by atoms with van der Waals surface area (Å²) in [5.41, 5.74) is 1.52. The van der Waals surface area contributed by atoms with E-state index in [9.17, 15) is 19.7 Å². The first kappa shape index (κ1) is 14.1. The monoisotopic (exact) mass is 312 g/mol. The molecule has 23 heavy (non-hydrogen) atoms. The predicted octanol–water partition coefficient (Wildman–Crippen LogP) is 2.52. The van der Waals surface area contributed by atoms with E-state index in [0.717, 1.165) is 22.4 Å². The molecule has 1 aromatic carbocycles. The number of carbonyl (C=O) groups is 2. The van der Waals surface area contributed by atoms with E-state index in [4.69, 9.17) is 0 Å². The summed E-state index contributed by atoms with van der Waals surface area (Å²) in [6.07, 6.45) is 4.86. The molecule has 0 N–H and O–H groups in total. The van der Waals surface area contributed by atoms with E-state index < -0.39 is 4.92 Å². The van der Waals surface area contributed by atoms with Gasteiger partial charge in [-0.15, -0.1) is 0 Å². The summed E-state index contributed by atoms with van der Waals surface area (Å²) in [7, 11) is 0. The number of imide groups is 1. The number of hydrogen-bond acceptors (Lipinski definition) is 4. The van der Waals surface area contributed by atoms with E-state index in [2.05, 4.69) is 0 Å². The Morgan fingerprint density at radius 1 is 1.04 bits per heavy atom. The lowest BCUT2D eigenvalue weighted by atomic mass is 9.85. The van der Waals surface area contributed by atoms with Crippen molar-refractivity contribution in [3.8, 4) is 0 Å². The van der Waals surface area contributed by atoms with Crippen molar-refractivity contribution >= 4 is 23.2 Å². The Hall–Kier alpha value is -2.50. The number of fused-ring (bicyclic) bond motifs is 5. The lowest BCUT2D eigenvalue weighted by Crippen LogP contribution is -2.33. The molecule has 1 saturated carbocycles. The number of anilines is 1. The molecule has 2 aliphatic carbocycles. The largest absolute Gasteiger partial charge is 0.293 e. The number of hydrogen-bond donors (Lipinski definition) is 0. The van der Waals surface area contributed by atoms with Gasteiger partial charge in [0.05, 0.1) is 16.8 Å².